The van der Waals surface area contributed by atoms with E-state index < -0.39 is 0 Å². The number of hydrogen-bond acceptors (Lipinski definition) is 5. The van der Waals surface area contributed by atoms with Crippen LogP contribution in [0.3, 0.4) is 0 Å². The summed E-state index contributed by atoms with van der Waals surface area (Å²) in [6, 6.07) is 5.71. The minimum absolute atomic E-state index is 0.0214. The second kappa shape index (κ2) is 9.43. The van der Waals surface area contributed by atoms with Crippen LogP contribution in [0.1, 0.15) is 12.0 Å². The average Bonchev–Trinajstić information content (AvgIpc) is 3.42. The average molecular weight is 363 g/mol. The molecule has 0 bridgehead atoms. The number of hydrogen-bond donors (Lipinski definition) is 2. The van der Waals surface area contributed by atoms with Crippen molar-refractivity contribution in [1.82, 2.24) is 15.5 Å². The molecule has 2 N–H and O–H groups in total. The lowest BCUT2D eigenvalue weighted by molar-refractivity contribution is -0.127. The van der Waals surface area contributed by atoms with Crippen LogP contribution in [-0.2, 0) is 16.0 Å². The van der Waals surface area contributed by atoms with E-state index in [1.165, 1.54) is 0 Å². The molecule has 0 heterocycles. The molecule has 7 nitrogen and oxygen atoms in total. The summed E-state index contributed by atoms with van der Waals surface area (Å²) in [5.41, 5.74) is 1.05. The van der Waals surface area contributed by atoms with Crippen molar-refractivity contribution in [3.63, 3.8) is 0 Å². The van der Waals surface area contributed by atoms with Crippen LogP contribution in [0.5, 0.6) is 11.5 Å². The number of rotatable bonds is 10. The number of amides is 2. The smallest absolute Gasteiger partial charge is 0.223 e. The van der Waals surface area contributed by atoms with Gasteiger partial charge in [-0.05, 0) is 44.6 Å². The lowest BCUT2D eigenvalue weighted by Gasteiger charge is -2.11. The van der Waals surface area contributed by atoms with Crippen molar-refractivity contribution < 1.29 is 19.1 Å². The molecule has 0 radical (unpaired) electrons. The predicted molar refractivity (Wildman–Crippen MR) is 99.4 cm³/mol. The van der Waals surface area contributed by atoms with Crippen molar-refractivity contribution in [2.45, 2.75) is 12.8 Å². The maximum absolute atomic E-state index is 12.2. The lowest BCUT2D eigenvalue weighted by Crippen LogP contribution is -2.34. The fourth-order valence-corrected chi connectivity index (χ4v) is 2.81. The van der Waals surface area contributed by atoms with Gasteiger partial charge in [0.25, 0.3) is 0 Å². The van der Waals surface area contributed by atoms with E-state index in [4.69, 9.17) is 9.47 Å². The zero-order chi connectivity index (χ0) is 19.1. The van der Waals surface area contributed by atoms with Gasteiger partial charge in [-0.25, -0.2) is 0 Å². The summed E-state index contributed by atoms with van der Waals surface area (Å²) in [5.74, 6) is 0.914. The van der Waals surface area contributed by atoms with Gasteiger partial charge in [0, 0.05) is 19.6 Å². The normalized spacial score (nSPS) is 18.3. The summed E-state index contributed by atoms with van der Waals surface area (Å²) in [6.07, 6.45) is 1.33. The van der Waals surface area contributed by atoms with Gasteiger partial charge in [-0.2, -0.15) is 0 Å². The van der Waals surface area contributed by atoms with Crippen molar-refractivity contribution in [2.24, 2.45) is 11.8 Å². The lowest BCUT2D eigenvalue weighted by atomic mass is 10.1. The predicted octanol–water partition coefficient (Wildman–Crippen LogP) is 0.676. The van der Waals surface area contributed by atoms with E-state index in [0.717, 1.165) is 12.1 Å². The van der Waals surface area contributed by atoms with Crippen LogP contribution in [0.2, 0.25) is 0 Å². The third-order valence-electron chi connectivity index (χ3n) is 4.48. The van der Waals surface area contributed by atoms with Crippen LogP contribution >= 0.6 is 0 Å². The molecule has 2 rings (SSSR count). The molecule has 26 heavy (non-hydrogen) atoms. The number of nitrogens with zero attached hydrogens (tertiary/aromatic N) is 1. The number of methoxy groups -OCH3 is 2. The molecule has 2 atom stereocenters. The van der Waals surface area contributed by atoms with Crippen LogP contribution in [0, 0.1) is 11.8 Å². The molecule has 144 valence electrons. The van der Waals surface area contributed by atoms with E-state index in [-0.39, 0.29) is 23.7 Å². The van der Waals surface area contributed by atoms with E-state index >= 15 is 0 Å². The minimum Gasteiger partial charge on any atom is -0.493 e. The quantitative estimate of drug-likeness (QED) is 0.639. The van der Waals surface area contributed by atoms with E-state index in [2.05, 4.69) is 10.6 Å². The maximum atomic E-state index is 12.2. The highest BCUT2D eigenvalue weighted by Gasteiger charge is 2.47. The third kappa shape index (κ3) is 5.62. The van der Waals surface area contributed by atoms with Crippen LogP contribution in [0.4, 0.5) is 0 Å². The molecule has 0 aliphatic heterocycles. The number of likely N-dealkylation sites (N-methyl/N-ethyl adjacent to an activating group) is 1. The molecular formula is C19H29N3O4. The topological polar surface area (TPSA) is 79.9 Å². The standard InChI is InChI=1S/C19H29N3O4/c1-22(2)10-9-21-19(24)15-12-14(15)18(23)20-8-7-13-5-6-16(25-3)17(11-13)26-4/h5-6,11,14-15H,7-10,12H2,1-4H3,(H,20,23)(H,21,24). The summed E-state index contributed by atoms with van der Waals surface area (Å²) in [4.78, 5) is 26.2. The zero-order valence-electron chi connectivity index (χ0n) is 16.0. The summed E-state index contributed by atoms with van der Waals surface area (Å²) in [6.45, 7) is 1.93. The van der Waals surface area contributed by atoms with Crippen molar-refractivity contribution in [1.29, 1.82) is 0 Å². The molecule has 1 aliphatic rings. The van der Waals surface area contributed by atoms with E-state index in [1.807, 2.05) is 37.2 Å². The van der Waals surface area contributed by atoms with Crippen molar-refractivity contribution in [2.75, 3.05) is 47.9 Å². The molecule has 1 fully saturated rings. The molecule has 0 saturated heterocycles. The first-order valence-electron chi connectivity index (χ1n) is 8.87. The maximum Gasteiger partial charge on any atom is 0.223 e. The zero-order valence-corrected chi connectivity index (χ0v) is 16.0. The second-order valence-corrected chi connectivity index (χ2v) is 6.77. The summed E-state index contributed by atoms with van der Waals surface area (Å²) >= 11 is 0. The van der Waals surface area contributed by atoms with E-state index in [0.29, 0.717) is 37.4 Å². The second-order valence-electron chi connectivity index (χ2n) is 6.77. The van der Waals surface area contributed by atoms with Gasteiger partial charge in [-0.1, -0.05) is 6.07 Å². The monoisotopic (exact) mass is 363 g/mol. The molecule has 2 amide bonds. The highest BCUT2D eigenvalue weighted by molar-refractivity contribution is 5.92. The Bertz CT molecular complexity index is 633. The highest BCUT2D eigenvalue weighted by Crippen LogP contribution is 2.38. The third-order valence-corrected chi connectivity index (χ3v) is 4.48. The Morgan fingerprint density at radius 2 is 1.65 bits per heavy atom. The van der Waals surface area contributed by atoms with Gasteiger partial charge in [0.1, 0.15) is 0 Å². The van der Waals surface area contributed by atoms with Crippen LogP contribution < -0.4 is 20.1 Å². The largest absolute Gasteiger partial charge is 0.493 e. The van der Waals surface area contributed by atoms with Gasteiger partial charge in [0.2, 0.25) is 11.8 Å². The Morgan fingerprint density at radius 1 is 1.04 bits per heavy atom. The van der Waals surface area contributed by atoms with E-state index in [9.17, 15) is 9.59 Å². The molecule has 1 saturated carbocycles. The molecule has 1 aliphatic carbocycles. The number of ether oxygens (including phenoxy) is 2. The fraction of sp³-hybridized carbons (Fsp3) is 0.579. The number of benzene rings is 1. The molecule has 0 spiro atoms. The van der Waals surface area contributed by atoms with Crippen LogP contribution in [0.25, 0.3) is 0 Å². The highest BCUT2D eigenvalue weighted by atomic mass is 16.5. The van der Waals surface area contributed by atoms with Gasteiger partial charge in [0.05, 0.1) is 26.1 Å². The van der Waals surface area contributed by atoms with Gasteiger partial charge in [0.15, 0.2) is 11.5 Å². The van der Waals surface area contributed by atoms with Crippen LogP contribution in [0.15, 0.2) is 18.2 Å². The Labute approximate surface area is 155 Å². The van der Waals surface area contributed by atoms with Gasteiger partial charge >= 0.3 is 0 Å². The molecule has 2 unspecified atom stereocenters. The SMILES string of the molecule is COc1ccc(CCNC(=O)C2CC2C(=O)NCCN(C)C)cc1OC. The Kier molecular flexibility index (Phi) is 7.26. The molecule has 0 aromatic heterocycles. The van der Waals surface area contributed by atoms with Crippen molar-refractivity contribution >= 4 is 11.8 Å². The van der Waals surface area contributed by atoms with Crippen molar-refractivity contribution in [3.05, 3.63) is 23.8 Å². The Hall–Kier alpha value is -2.28. The Balaban J connectivity index is 1.71. The number of carbonyl (C=O) groups is 2. The minimum atomic E-state index is -0.195. The van der Waals surface area contributed by atoms with Gasteiger partial charge in [-0.3, -0.25) is 9.59 Å². The molecule has 1 aromatic carbocycles. The molecular weight excluding hydrogens is 334 g/mol. The van der Waals surface area contributed by atoms with Gasteiger partial charge < -0.3 is 25.0 Å². The molecule has 1 aromatic rings. The summed E-state index contributed by atoms with van der Waals surface area (Å²) < 4.78 is 10.5. The first-order chi connectivity index (χ1) is 12.5. The van der Waals surface area contributed by atoms with E-state index in [1.54, 1.807) is 14.2 Å². The summed E-state index contributed by atoms with van der Waals surface area (Å²) in [5, 5.41) is 5.80. The number of carbonyl (C=O) groups excluding carboxylic acids is 2. The Morgan fingerprint density at radius 3 is 2.23 bits per heavy atom. The van der Waals surface area contributed by atoms with Crippen molar-refractivity contribution in [3.8, 4) is 11.5 Å². The van der Waals surface area contributed by atoms with Crippen LogP contribution in [-0.4, -0.2) is 64.7 Å². The van der Waals surface area contributed by atoms with Gasteiger partial charge in [-0.15, -0.1) is 0 Å². The summed E-state index contributed by atoms with van der Waals surface area (Å²) in [7, 11) is 7.11. The first-order valence-corrected chi connectivity index (χ1v) is 8.87. The molecule has 7 heteroatoms. The first kappa shape index (κ1) is 20.0. The fourth-order valence-electron chi connectivity index (χ4n) is 2.81. The number of nitrogens with one attached hydrogen (secondary N) is 2.